The number of para-hydroxylation sites is 1. The zero-order chi connectivity index (χ0) is 17.8. The van der Waals surface area contributed by atoms with Crippen molar-refractivity contribution >= 4 is 16.7 Å². The number of aliphatic hydroxyl groups excluding tert-OH is 1. The molecule has 26 heavy (non-hydrogen) atoms. The van der Waals surface area contributed by atoms with Crippen LogP contribution < -0.4 is 5.32 Å². The molecule has 0 amide bonds. The fraction of sp³-hybridized carbons (Fsp3) is 0.333. The molecule has 1 saturated heterocycles. The Hall–Kier alpha value is -2.50. The molecule has 0 unspecified atom stereocenters. The first kappa shape index (κ1) is 16.9. The van der Waals surface area contributed by atoms with Crippen LogP contribution in [-0.4, -0.2) is 39.2 Å². The van der Waals surface area contributed by atoms with E-state index in [-0.39, 0.29) is 6.10 Å². The number of aromatic nitrogens is 2. The number of piperidine rings is 1. The standard InChI is InChI=1S/C21H24N4O/c26-18-9-11-25(12-10-18)14-17-6-2-1-5-16(17)13-22-21-19-7-3-4-8-20(19)23-15-24-21/h1-8,15,18,26H,9-14H2,(H,22,23,24). The number of nitrogens with zero attached hydrogens (tertiary/aromatic N) is 3. The third kappa shape index (κ3) is 3.84. The van der Waals surface area contributed by atoms with Crippen LogP contribution >= 0.6 is 0 Å². The average Bonchev–Trinajstić information content (AvgIpc) is 2.69. The van der Waals surface area contributed by atoms with E-state index in [1.54, 1.807) is 6.33 Å². The van der Waals surface area contributed by atoms with Crippen LogP contribution in [0.5, 0.6) is 0 Å². The smallest absolute Gasteiger partial charge is 0.137 e. The molecule has 2 heterocycles. The predicted molar refractivity (Wildman–Crippen MR) is 104 cm³/mol. The van der Waals surface area contributed by atoms with Crippen molar-refractivity contribution in [2.24, 2.45) is 0 Å². The lowest BCUT2D eigenvalue weighted by Crippen LogP contribution is -2.35. The minimum Gasteiger partial charge on any atom is -0.393 e. The normalized spacial score (nSPS) is 16.0. The van der Waals surface area contributed by atoms with Gasteiger partial charge in [0.1, 0.15) is 12.1 Å². The van der Waals surface area contributed by atoms with Gasteiger partial charge >= 0.3 is 0 Å². The maximum atomic E-state index is 9.70. The first-order valence-electron chi connectivity index (χ1n) is 9.20. The second kappa shape index (κ2) is 7.81. The molecule has 2 aromatic carbocycles. The second-order valence-corrected chi connectivity index (χ2v) is 6.87. The lowest BCUT2D eigenvalue weighted by atomic mass is 10.0. The van der Waals surface area contributed by atoms with E-state index in [4.69, 9.17) is 0 Å². The summed E-state index contributed by atoms with van der Waals surface area (Å²) >= 11 is 0. The molecule has 5 heteroatoms. The number of benzene rings is 2. The Kier molecular flexibility index (Phi) is 5.09. The van der Waals surface area contributed by atoms with E-state index in [2.05, 4.69) is 44.5 Å². The first-order chi connectivity index (χ1) is 12.8. The fourth-order valence-corrected chi connectivity index (χ4v) is 3.53. The molecule has 0 aliphatic carbocycles. The van der Waals surface area contributed by atoms with Gasteiger partial charge in [0.05, 0.1) is 11.6 Å². The number of fused-ring (bicyclic) bond motifs is 1. The first-order valence-corrected chi connectivity index (χ1v) is 9.20. The van der Waals surface area contributed by atoms with Gasteiger partial charge in [-0.2, -0.15) is 0 Å². The van der Waals surface area contributed by atoms with Crippen LogP contribution in [0.1, 0.15) is 24.0 Å². The molecule has 0 bridgehead atoms. The second-order valence-electron chi connectivity index (χ2n) is 6.87. The Morgan fingerprint density at radius 2 is 1.69 bits per heavy atom. The van der Waals surface area contributed by atoms with Gasteiger partial charge in [0.15, 0.2) is 0 Å². The van der Waals surface area contributed by atoms with Crippen LogP contribution in [0, 0.1) is 0 Å². The number of rotatable bonds is 5. The molecule has 1 aliphatic heterocycles. The number of hydrogen-bond acceptors (Lipinski definition) is 5. The Bertz CT molecular complexity index is 869. The van der Waals surface area contributed by atoms with E-state index < -0.39 is 0 Å². The summed E-state index contributed by atoms with van der Waals surface area (Å²) in [7, 11) is 0. The summed E-state index contributed by atoms with van der Waals surface area (Å²) in [6.45, 7) is 3.57. The zero-order valence-electron chi connectivity index (χ0n) is 14.8. The third-order valence-corrected chi connectivity index (χ3v) is 5.06. The Balaban J connectivity index is 1.48. The summed E-state index contributed by atoms with van der Waals surface area (Å²) in [6, 6.07) is 16.6. The lowest BCUT2D eigenvalue weighted by molar-refractivity contribution is 0.0791. The maximum absolute atomic E-state index is 9.70. The van der Waals surface area contributed by atoms with Crippen LogP contribution in [0.4, 0.5) is 5.82 Å². The Morgan fingerprint density at radius 3 is 2.54 bits per heavy atom. The van der Waals surface area contributed by atoms with Gasteiger partial charge in [-0.25, -0.2) is 9.97 Å². The van der Waals surface area contributed by atoms with E-state index in [0.717, 1.165) is 55.7 Å². The molecule has 5 nitrogen and oxygen atoms in total. The summed E-state index contributed by atoms with van der Waals surface area (Å²) < 4.78 is 0. The Labute approximate surface area is 153 Å². The van der Waals surface area contributed by atoms with Crippen LogP contribution in [0.15, 0.2) is 54.9 Å². The highest BCUT2D eigenvalue weighted by Gasteiger charge is 2.17. The minimum atomic E-state index is -0.130. The summed E-state index contributed by atoms with van der Waals surface area (Å²) in [6.07, 6.45) is 3.21. The average molecular weight is 348 g/mol. The number of anilines is 1. The molecule has 0 saturated carbocycles. The zero-order valence-corrected chi connectivity index (χ0v) is 14.8. The Morgan fingerprint density at radius 1 is 0.962 bits per heavy atom. The van der Waals surface area contributed by atoms with Crippen molar-refractivity contribution in [3.8, 4) is 0 Å². The van der Waals surface area contributed by atoms with Gasteiger partial charge in [-0.05, 0) is 36.1 Å². The minimum absolute atomic E-state index is 0.130. The van der Waals surface area contributed by atoms with Crippen molar-refractivity contribution in [1.29, 1.82) is 0 Å². The number of hydrogen-bond donors (Lipinski definition) is 2. The molecule has 134 valence electrons. The predicted octanol–water partition coefficient (Wildman–Crippen LogP) is 3.20. The largest absolute Gasteiger partial charge is 0.393 e. The van der Waals surface area contributed by atoms with Crippen LogP contribution in [0.25, 0.3) is 10.9 Å². The van der Waals surface area contributed by atoms with Gasteiger partial charge in [0, 0.05) is 31.6 Å². The number of likely N-dealkylation sites (tertiary alicyclic amines) is 1. The SMILES string of the molecule is OC1CCN(Cc2ccccc2CNc2ncnc3ccccc23)CC1. The van der Waals surface area contributed by atoms with Crippen LogP contribution in [0.2, 0.25) is 0 Å². The third-order valence-electron chi connectivity index (χ3n) is 5.06. The molecule has 0 atom stereocenters. The van der Waals surface area contributed by atoms with Crippen molar-refractivity contribution in [2.75, 3.05) is 18.4 Å². The highest BCUT2D eigenvalue weighted by Crippen LogP contribution is 2.21. The van der Waals surface area contributed by atoms with Crippen molar-refractivity contribution in [1.82, 2.24) is 14.9 Å². The molecule has 0 spiro atoms. The fourth-order valence-electron chi connectivity index (χ4n) is 3.53. The molecule has 1 fully saturated rings. The topological polar surface area (TPSA) is 61.3 Å². The van der Waals surface area contributed by atoms with E-state index in [1.807, 2.05) is 24.3 Å². The lowest BCUT2D eigenvalue weighted by Gasteiger charge is -2.30. The molecule has 2 N–H and O–H groups in total. The highest BCUT2D eigenvalue weighted by atomic mass is 16.3. The summed E-state index contributed by atoms with van der Waals surface area (Å²) in [5.74, 6) is 0.867. The maximum Gasteiger partial charge on any atom is 0.137 e. The summed E-state index contributed by atoms with van der Waals surface area (Å²) in [4.78, 5) is 11.2. The van der Waals surface area contributed by atoms with E-state index in [1.165, 1.54) is 11.1 Å². The van der Waals surface area contributed by atoms with Gasteiger partial charge in [-0.15, -0.1) is 0 Å². The molecule has 3 aromatic rings. The number of aliphatic hydroxyl groups is 1. The molecule has 1 aliphatic rings. The van der Waals surface area contributed by atoms with Gasteiger partial charge in [-0.3, -0.25) is 4.90 Å². The molecule has 0 radical (unpaired) electrons. The quantitative estimate of drug-likeness (QED) is 0.741. The van der Waals surface area contributed by atoms with Gasteiger partial charge in [0.2, 0.25) is 0 Å². The summed E-state index contributed by atoms with van der Waals surface area (Å²) in [5, 5.41) is 14.2. The highest BCUT2D eigenvalue weighted by molar-refractivity contribution is 5.88. The molecule has 4 rings (SSSR count). The van der Waals surface area contributed by atoms with Crippen molar-refractivity contribution < 1.29 is 5.11 Å². The molecule has 1 aromatic heterocycles. The van der Waals surface area contributed by atoms with Crippen molar-refractivity contribution in [3.63, 3.8) is 0 Å². The van der Waals surface area contributed by atoms with Crippen LogP contribution in [0.3, 0.4) is 0 Å². The van der Waals surface area contributed by atoms with Crippen molar-refractivity contribution in [2.45, 2.75) is 32.0 Å². The van der Waals surface area contributed by atoms with E-state index in [0.29, 0.717) is 0 Å². The monoisotopic (exact) mass is 348 g/mol. The number of nitrogens with one attached hydrogen (secondary N) is 1. The van der Waals surface area contributed by atoms with Gasteiger partial charge < -0.3 is 10.4 Å². The molecular formula is C21H24N4O. The van der Waals surface area contributed by atoms with Crippen LogP contribution in [-0.2, 0) is 13.1 Å². The van der Waals surface area contributed by atoms with Crippen molar-refractivity contribution in [3.05, 3.63) is 66.0 Å². The van der Waals surface area contributed by atoms with Gasteiger partial charge in [0.25, 0.3) is 0 Å². The molecular weight excluding hydrogens is 324 g/mol. The summed E-state index contributed by atoms with van der Waals surface area (Å²) in [5.41, 5.74) is 3.56. The van der Waals surface area contributed by atoms with E-state index in [9.17, 15) is 5.11 Å². The van der Waals surface area contributed by atoms with E-state index >= 15 is 0 Å². The van der Waals surface area contributed by atoms with Gasteiger partial charge in [-0.1, -0.05) is 36.4 Å².